The minimum absolute atomic E-state index is 0.165. The topological polar surface area (TPSA) is 60.3 Å². The number of ether oxygens (including phenoxy) is 1. The molecule has 0 spiro atoms. The van der Waals surface area contributed by atoms with Gasteiger partial charge in [-0.15, -0.1) is 10.2 Å². The van der Waals surface area contributed by atoms with Gasteiger partial charge in [0, 0.05) is 23.3 Å². The molecule has 1 aliphatic rings. The Kier molecular flexibility index (Phi) is 6.61. The number of likely N-dealkylation sites (tertiary alicyclic amines) is 1. The second-order valence-electron chi connectivity index (χ2n) is 7.92. The fraction of sp³-hybridized carbons (Fsp3) is 0.375. The summed E-state index contributed by atoms with van der Waals surface area (Å²) in [6, 6.07) is 18.4. The second-order valence-corrected chi connectivity index (χ2v) is 8.87. The van der Waals surface area contributed by atoms with Crippen LogP contribution in [0.15, 0.2) is 59.8 Å². The molecule has 2 atom stereocenters. The summed E-state index contributed by atoms with van der Waals surface area (Å²) < 4.78 is 7.29. The number of hydrogen-bond donors (Lipinski definition) is 0. The number of thioether (sulfide) groups is 1. The third-order valence-corrected chi connectivity index (χ3v) is 6.72. The van der Waals surface area contributed by atoms with E-state index >= 15 is 0 Å². The van der Waals surface area contributed by atoms with Crippen LogP contribution in [0.1, 0.15) is 33.1 Å². The lowest BCUT2D eigenvalue weighted by Crippen LogP contribution is -2.48. The third kappa shape index (κ3) is 4.61. The maximum atomic E-state index is 13.0. The van der Waals surface area contributed by atoms with Crippen LogP contribution in [0, 0.1) is 0 Å². The Morgan fingerprint density at radius 1 is 1.03 bits per heavy atom. The van der Waals surface area contributed by atoms with Gasteiger partial charge in [0.15, 0.2) is 11.0 Å². The van der Waals surface area contributed by atoms with Gasteiger partial charge in [0.2, 0.25) is 5.91 Å². The summed E-state index contributed by atoms with van der Waals surface area (Å²) >= 11 is 1.44. The number of rotatable bonds is 6. The van der Waals surface area contributed by atoms with Crippen LogP contribution in [0.2, 0.25) is 0 Å². The van der Waals surface area contributed by atoms with Gasteiger partial charge in [-0.1, -0.05) is 30.0 Å². The van der Waals surface area contributed by atoms with Gasteiger partial charge >= 0.3 is 0 Å². The minimum atomic E-state index is 0.165. The number of hydrogen-bond acceptors (Lipinski definition) is 5. The number of benzene rings is 2. The lowest BCUT2D eigenvalue weighted by molar-refractivity contribution is -0.134. The Morgan fingerprint density at radius 2 is 1.71 bits per heavy atom. The average Bonchev–Trinajstić information content (AvgIpc) is 3.22. The summed E-state index contributed by atoms with van der Waals surface area (Å²) in [5.74, 6) is 2.05. The largest absolute Gasteiger partial charge is 0.497 e. The fourth-order valence-corrected chi connectivity index (χ4v) is 5.04. The normalized spacial score (nSPS) is 18.7. The number of amides is 1. The molecule has 0 saturated carbocycles. The number of para-hydroxylation sites is 1. The third-order valence-electron chi connectivity index (χ3n) is 5.80. The van der Waals surface area contributed by atoms with Crippen molar-refractivity contribution >= 4 is 17.7 Å². The minimum Gasteiger partial charge on any atom is -0.497 e. The molecule has 1 amide bonds. The molecule has 0 aliphatic carbocycles. The number of carbonyl (C=O) groups is 1. The van der Waals surface area contributed by atoms with Crippen molar-refractivity contribution in [1.82, 2.24) is 19.7 Å². The van der Waals surface area contributed by atoms with E-state index in [-0.39, 0.29) is 5.91 Å². The van der Waals surface area contributed by atoms with E-state index in [1.165, 1.54) is 18.2 Å². The van der Waals surface area contributed by atoms with Crippen molar-refractivity contribution in [2.75, 3.05) is 12.9 Å². The first-order valence-electron chi connectivity index (χ1n) is 10.7. The predicted octanol–water partition coefficient (Wildman–Crippen LogP) is 4.82. The highest BCUT2D eigenvalue weighted by Gasteiger charge is 2.29. The van der Waals surface area contributed by atoms with Crippen molar-refractivity contribution in [2.24, 2.45) is 0 Å². The summed E-state index contributed by atoms with van der Waals surface area (Å²) in [5, 5.41) is 9.62. The van der Waals surface area contributed by atoms with E-state index < -0.39 is 0 Å². The van der Waals surface area contributed by atoms with E-state index in [0.717, 1.165) is 35.7 Å². The van der Waals surface area contributed by atoms with Crippen LogP contribution in [0.3, 0.4) is 0 Å². The molecule has 1 aliphatic heterocycles. The average molecular weight is 437 g/mol. The quantitative estimate of drug-likeness (QED) is 0.518. The molecule has 1 fully saturated rings. The Balaban J connectivity index is 1.61. The first-order chi connectivity index (χ1) is 15.1. The van der Waals surface area contributed by atoms with E-state index in [2.05, 4.69) is 24.0 Å². The SMILES string of the molecule is COc1ccc(-c2nnc(SCC(=O)N3[C@H](C)CCC[C@H]3C)n2-c2ccccc2)cc1. The van der Waals surface area contributed by atoms with Gasteiger partial charge in [0.25, 0.3) is 0 Å². The number of carbonyl (C=O) groups excluding carboxylic acids is 1. The van der Waals surface area contributed by atoms with Crippen LogP contribution in [-0.4, -0.2) is 50.5 Å². The second kappa shape index (κ2) is 9.56. The summed E-state index contributed by atoms with van der Waals surface area (Å²) in [6.45, 7) is 4.29. The van der Waals surface area contributed by atoms with E-state index in [1.807, 2.05) is 64.1 Å². The molecule has 7 heteroatoms. The molecule has 2 heterocycles. The Hall–Kier alpha value is -2.80. The fourth-order valence-electron chi connectivity index (χ4n) is 4.21. The van der Waals surface area contributed by atoms with Gasteiger partial charge in [0.1, 0.15) is 5.75 Å². The molecule has 4 rings (SSSR count). The lowest BCUT2D eigenvalue weighted by atomic mass is 9.98. The molecule has 162 valence electrons. The van der Waals surface area contributed by atoms with Gasteiger partial charge in [0.05, 0.1) is 12.9 Å². The molecule has 6 nitrogen and oxygen atoms in total. The molecule has 1 aromatic heterocycles. The van der Waals surface area contributed by atoms with E-state index in [0.29, 0.717) is 23.0 Å². The zero-order chi connectivity index (χ0) is 21.8. The molecular formula is C24H28N4O2S. The highest BCUT2D eigenvalue weighted by molar-refractivity contribution is 7.99. The Bertz CT molecular complexity index is 1010. The molecule has 0 unspecified atom stereocenters. The standard InChI is InChI=1S/C24H28N4O2S/c1-17-8-7-9-18(2)27(17)22(29)16-31-24-26-25-23(19-12-14-21(30-3)15-13-19)28(24)20-10-5-4-6-11-20/h4-6,10-15,17-18H,7-9,16H2,1-3H3/t17-,18-/m1/s1. The van der Waals surface area contributed by atoms with Crippen molar-refractivity contribution in [3.63, 3.8) is 0 Å². The van der Waals surface area contributed by atoms with Crippen LogP contribution >= 0.6 is 11.8 Å². The molecule has 3 aromatic rings. The van der Waals surface area contributed by atoms with Crippen molar-refractivity contribution in [3.05, 3.63) is 54.6 Å². The van der Waals surface area contributed by atoms with Gasteiger partial charge < -0.3 is 9.64 Å². The molecule has 31 heavy (non-hydrogen) atoms. The molecule has 0 radical (unpaired) electrons. The smallest absolute Gasteiger partial charge is 0.233 e. The zero-order valence-electron chi connectivity index (χ0n) is 18.2. The van der Waals surface area contributed by atoms with Crippen molar-refractivity contribution in [1.29, 1.82) is 0 Å². The Labute approximate surface area is 187 Å². The Morgan fingerprint density at radius 3 is 2.35 bits per heavy atom. The number of nitrogens with zero attached hydrogens (tertiary/aromatic N) is 4. The summed E-state index contributed by atoms with van der Waals surface area (Å²) in [5.41, 5.74) is 1.90. The molecule has 0 N–H and O–H groups in total. The van der Waals surface area contributed by atoms with Crippen LogP contribution in [-0.2, 0) is 4.79 Å². The van der Waals surface area contributed by atoms with E-state index in [4.69, 9.17) is 4.74 Å². The van der Waals surface area contributed by atoms with Crippen LogP contribution in [0.25, 0.3) is 17.1 Å². The van der Waals surface area contributed by atoms with Gasteiger partial charge in [-0.05, 0) is 69.5 Å². The summed E-state index contributed by atoms with van der Waals surface area (Å²) in [6.07, 6.45) is 3.33. The molecule has 1 saturated heterocycles. The maximum Gasteiger partial charge on any atom is 0.233 e. The zero-order valence-corrected chi connectivity index (χ0v) is 19.0. The first kappa shape index (κ1) is 21.4. The maximum absolute atomic E-state index is 13.0. The van der Waals surface area contributed by atoms with Crippen molar-refractivity contribution in [3.8, 4) is 22.8 Å². The molecule has 0 bridgehead atoms. The van der Waals surface area contributed by atoms with Crippen LogP contribution in [0.4, 0.5) is 0 Å². The highest BCUT2D eigenvalue weighted by atomic mass is 32.2. The monoisotopic (exact) mass is 436 g/mol. The molecule has 2 aromatic carbocycles. The van der Waals surface area contributed by atoms with Gasteiger partial charge in [-0.2, -0.15) is 0 Å². The summed E-state index contributed by atoms with van der Waals surface area (Å²) in [7, 11) is 1.65. The highest BCUT2D eigenvalue weighted by Crippen LogP contribution is 2.30. The van der Waals surface area contributed by atoms with Crippen LogP contribution < -0.4 is 4.74 Å². The number of piperidine rings is 1. The van der Waals surface area contributed by atoms with Crippen molar-refractivity contribution < 1.29 is 9.53 Å². The van der Waals surface area contributed by atoms with Gasteiger partial charge in [-0.3, -0.25) is 9.36 Å². The van der Waals surface area contributed by atoms with E-state index in [9.17, 15) is 4.79 Å². The molecular weight excluding hydrogens is 408 g/mol. The lowest BCUT2D eigenvalue weighted by Gasteiger charge is -2.39. The first-order valence-corrected chi connectivity index (χ1v) is 11.7. The van der Waals surface area contributed by atoms with Crippen molar-refractivity contribution in [2.45, 2.75) is 50.4 Å². The van der Waals surface area contributed by atoms with Crippen LogP contribution in [0.5, 0.6) is 5.75 Å². The predicted molar refractivity (Wildman–Crippen MR) is 124 cm³/mol. The number of methoxy groups -OCH3 is 1. The van der Waals surface area contributed by atoms with Gasteiger partial charge in [-0.25, -0.2) is 0 Å². The summed E-state index contributed by atoms with van der Waals surface area (Å²) in [4.78, 5) is 15.1. The number of aromatic nitrogens is 3. The van der Waals surface area contributed by atoms with E-state index in [1.54, 1.807) is 7.11 Å².